The summed E-state index contributed by atoms with van der Waals surface area (Å²) in [6.07, 6.45) is 6.00. The topological polar surface area (TPSA) is 148 Å². The summed E-state index contributed by atoms with van der Waals surface area (Å²) in [4.78, 5) is 4.36. The first-order chi connectivity index (χ1) is 13.1. The molecule has 12 heteroatoms. The number of aromatic nitrogens is 3. The van der Waals surface area contributed by atoms with Crippen molar-refractivity contribution in [1.29, 1.82) is 5.41 Å². The summed E-state index contributed by atoms with van der Waals surface area (Å²) in [5.41, 5.74) is 6.24. The number of guanidine groups is 1. The third kappa shape index (κ3) is 6.48. The minimum absolute atomic E-state index is 0.109. The number of thiazole rings is 1. The van der Waals surface area contributed by atoms with Crippen molar-refractivity contribution in [3.05, 3.63) is 11.1 Å². The Balaban J connectivity index is 1.40. The number of hydrogen-bond acceptors (Lipinski definition) is 9. The Labute approximate surface area is 169 Å². The highest BCUT2D eigenvalue weighted by Crippen LogP contribution is 2.27. The van der Waals surface area contributed by atoms with E-state index < -0.39 is 11.1 Å². The summed E-state index contributed by atoms with van der Waals surface area (Å²) in [6, 6.07) is 0.399. The highest BCUT2D eigenvalue weighted by atomic mass is 32.2. The van der Waals surface area contributed by atoms with Crippen molar-refractivity contribution < 1.29 is 4.55 Å². The zero-order valence-corrected chi connectivity index (χ0v) is 17.3. The van der Waals surface area contributed by atoms with Crippen molar-refractivity contribution in [2.24, 2.45) is 5.73 Å². The van der Waals surface area contributed by atoms with Gasteiger partial charge in [-0.15, -0.1) is 11.3 Å². The number of anilines is 3. The molecule has 0 aromatic carbocycles. The first-order valence-corrected chi connectivity index (χ1v) is 11.9. The van der Waals surface area contributed by atoms with Gasteiger partial charge in [-0.1, -0.05) is 19.3 Å². The van der Waals surface area contributed by atoms with Crippen LogP contribution in [0.5, 0.6) is 0 Å². The van der Waals surface area contributed by atoms with Crippen molar-refractivity contribution in [1.82, 2.24) is 13.7 Å². The highest BCUT2D eigenvalue weighted by molar-refractivity contribution is 7.98. The molecular formula is C15H24N8OS3. The Bertz CT molecular complexity index is 743. The second-order valence-electron chi connectivity index (χ2n) is 6.25. The molecule has 1 fully saturated rings. The Hall–Kier alpha value is -1.63. The maximum absolute atomic E-state index is 11.7. The molecular weight excluding hydrogens is 404 g/mol. The van der Waals surface area contributed by atoms with Crippen LogP contribution in [-0.4, -0.2) is 42.6 Å². The van der Waals surface area contributed by atoms with Crippen LogP contribution in [0.3, 0.4) is 0 Å². The van der Waals surface area contributed by atoms with E-state index >= 15 is 0 Å². The molecule has 9 nitrogen and oxygen atoms in total. The van der Waals surface area contributed by atoms with E-state index in [2.05, 4.69) is 29.7 Å². The molecule has 27 heavy (non-hydrogen) atoms. The maximum Gasteiger partial charge on any atom is 0.233 e. The Morgan fingerprint density at radius 2 is 2.11 bits per heavy atom. The van der Waals surface area contributed by atoms with Gasteiger partial charge in [-0.3, -0.25) is 5.41 Å². The number of nitrogens with two attached hydrogens (primary N) is 1. The minimum Gasteiger partial charge on any atom is -0.546 e. The lowest BCUT2D eigenvalue weighted by molar-refractivity contribution is 0.462. The van der Waals surface area contributed by atoms with Gasteiger partial charge in [0.25, 0.3) is 0 Å². The fraction of sp³-hybridized carbons (Fsp3) is 0.600. The van der Waals surface area contributed by atoms with Crippen LogP contribution >= 0.6 is 34.2 Å². The molecule has 0 spiro atoms. The number of nitrogens with zero attached hydrogens (tertiary/aromatic N) is 3. The number of rotatable bonds is 9. The first-order valence-electron chi connectivity index (χ1n) is 8.83. The second kappa shape index (κ2) is 10.1. The average Bonchev–Trinajstić information content (AvgIpc) is 3.21. The third-order valence-corrected chi connectivity index (χ3v) is 6.57. The largest absolute Gasteiger partial charge is 0.546 e. The molecule has 0 radical (unpaired) electrons. The molecule has 0 saturated heterocycles. The van der Waals surface area contributed by atoms with E-state index in [4.69, 9.17) is 11.1 Å². The second-order valence-corrected chi connectivity index (χ2v) is 9.04. The molecule has 2 aromatic heterocycles. The predicted molar refractivity (Wildman–Crippen MR) is 113 cm³/mol. The average molecular weight is 429 g/mol. The molecule has 6 N–H and O–H groups in total. The van der Waals surface area contributed by atoms with Crippen molar-refractivity contribution in [2.75, 3.05) is 28.2 Å². The molecule has 1 unspecified atom stereocenters. The van der Waals surface area contributed by atoms with E-state index in [1.807, 2.05) is 5.38 Å². The summed E-state index contributed by atoms with van der Waals surface area (Å²) in [5, 5.41) is 19.1. The van der Waals surface area contributed by atoms with E-state index in [0.717, 1.165) is 30.0 Å². The SMILES string of the molecule is N=C(N)Nc1nc(CSCCNc2n[s+]([O-])nc2NC2CCCCC2)cs1. The van der Waals surface area contributed by atoms with Crippen LogP contribution in [0.4, 0.5) is 16.8 Å². The summed E-state index contributed by atoms with van der Waals surface area (Å²) in [5.74, 6) is 2.75. The lowest BCUT2D eigenvalue weighted by atomic mass is 9.95. The quantitative estimate of drug-likeness (QED) is 0.176. The van der Waals surface area contributed by atoms with E-state index in [1.165, 1.54) is 30.6 Å². The molecule has 0 aliphatic heterocycles. The van der Waals surface area contributed by atoms with Crippen LogP contribution in [-0.2, 0) is 5.75 Å². The Morgan fingerprint density at radius 3 is 2.89 bits per heavy atom. The van der Waals surface area contributed by atoms with Crippen molar-refractivity contribution in [2.45, 2.75) is 43.9 Å². The Morgan fingerprint density at radius 1 is 1.33 bits per heavy atom. The number of hydrogen-bond donors (Lipinski definition) is 5. The third-order valence-electron chi connectivity index (χ3n) is 4.09. The van der Waals surface area contributed by atoms with E-state index in [-0.39, 0.29) is 5.96 Å². The number of nitrogens with one attached hydrogen (secondary N) is 4. The molecule has 1 aliphatic carbocycles. The maximum atomic E-state index is 11.7. The Kier molecular flexibility index (Phi) is 7.50. The van der Waals surface area contributed by atoms with Gasteiger partial charge < -0.3 is 26.2 Å². The van der Waals surface area contributed by atoms with Gasteiger partial charge in [-0.05, 0) is 12.8 Å². The summed E-state index contributed by atoms with van der Waals surface area (Å²) >= 11 is 1.64. The van der Waals surface area contributed by atoms with Gasteiger partial charge in [-0.25, -0.2) is 4.98 Å². The molecule has 2 heterocycles. The van der Waals surface area contributed by atoms with Crippen LogP contribution in [0.15, 0.2) is 5.38 Å². The predicted octanol–water partition coefficient (Wildman–Crippen LogP) is 3.06. The van der Waals surface area contributed by atoms with Gasteiger partial charge in [-0.2, -0.15) is 11.8 Å². The summed E-state index contributed by atoms with van der Waals surface area (Å²) in [6.45, 7) is 0.703. The molecule has 1 atom stereocenters. The van der Waals surface area contributed by atoms with E-state index in [1.54, 1.807) is 11.8 Å². The van der Waals surface area contributed by atoms with Crippen molar-refractivity contribution >= 4 is 57.0 Å². The molecule has 1 saturated carbocycles. The fourth-order valence-corrected chi connectivity index (χ4v) is 5.10. The zero-order valence-electron chi connectivity index (χ0n) is 14.9. The van der Waals surface area contributed by atoms with Gasteiger partial charge in [0.1, 0.15) is 0 Å². The minimum atomic E-state index is -1.53. The lowest BCUT2D eigenvalue weighted by Crippen LogP contribution is -2.23. The van der Waals surface area contributed by atoms with Gasteiger partial charge >= 0.3 is 0 Å². The van der Waals surface area contributed by atoms with Crippen molar-refractivity contribution in [3.8, 4) is 0 Å². The van der Waals surface area contributed by atoms with Crippen molar-refractivity contribution in [3.63, 3.8) is 0 Å². The molecule has 2 aromatic rings. The monoisotopic (exact) mass is 428 g/mol. The highest BCUT2D eigenvalue weighted by Gasteiger charge is 2.20. The van der Waals surface area contributed by atoms with Gasteiger partial charge in [0.15, 0.2) is 22.2 Å². The summed E-state index contributed by atoms with van der Waals surface area (Å²) < 4.78 is 19.8. The lowest BCUT2D eigenvalue weighted by Gasteiger charge is -2.22. The van der Waals surface area contributed by atoms with Crippen LogP contribution in [0.2, 0.25) is 0 Å². The first kappa shape index (κ1) is 20.1. The van der Waals surface area contributed by atoms with Crippen LogP contribution in [0.1, 0.15) is 37.8 Å². The van der Waals surface area contributed by atoms with Gasteiger partial charge in [0, 0.05) is 38.2 Å². The van der Waals surface area contributed by atoms with Crippen LogP contribution in [0, 0.1) is 5.41 Å². The van der Waals surface area contributed by atoms with Crippen LogP contribution in [0.25, 0.3) is 0 Å². The standard InChI is InChI=1S/C15H24N8OS3/c16-14(17)21-15-20-11(9-26-15)8-25-7-6-18-12-13(23-27(24)22-12)19-10-4-2-1-3-5-10/h9-10H,1-8H2,(H,18,22)(H,19,23)(H4,16,17,20,21). The zero-order chi connectivity index (χ0) is 19.1. The van der Waals surface area contributed by atoms with Gasteiger partial charge in [0.05, 0.1) is 5.69 Å². The van der Waals surface area contributed by atoms with Gasteiger partial charge in [0.2, 0.25) is 11.6 Å². The smallest absolute Gasteiger partial charge is 0.233 e. The molecule has 1 aliphatic rings. The fourth-order valence-electron chi connectivity index (χ4n) is 2.88. The summed E-state index contributed by atoms with van der Waals surface area (Å²) in [7, 11) is 0. The molecule has 0 bridgehead atoms. The van der Waals surface area contributed by atoms with Crippen LogP contribution < -0.4 is 21.7 Å². The molecule has 0 amide bonds. The molecule has 3 rings (SSSR count). The molecule has 148 valence electrons. The number of thioether (sulfide) groups is 1. The van der Waals surface area contributed by atoms with E-state index in [0.29, 0.717) is 29.4 Å². The normalized spacial score (nSPS) is 15.5. The van der Waals surface area contributed by atoms with E-state index in [9.17, 15) is 4.55 Å².